The highest BCUT2D eigenvalue weighted by molar-refractivity contribution is 7.99. The van der Waals surface area contributed by atoms with Crippen molar-refractivity contribution in [2.45, 2.75) is 32.0 Å². The molecule has 0 aliphatic heterocycles. The van der Waals surface area contributed by atoms with Gasteiger partial charge in [-0.2, -0.15) is 0 Å². The molecule has 1 aromatic carbocycles. The first-order valence-electron chi connectivity index (χ1n) is 7.27. The molecule has 1 aromatic heterocycles. The van der Waals surface area contributed by atoms with Crippen molar-refractivity contribution in [3.63, 3.8) is 0 Å². The minimum absolute atomic E-state index is 0.136. The fourth-order valence-electron chi connectivity index (χ4n) is 1.86. The van der Waals surface area contributed by atoms with Crippen LogP contribution in [0.5, 0.6) is 5.75 Å². The van der Waals surface area contributed by atoms with E-state index < -0.39 is 0 Å². The molecule has 0 fully saturated rings. The summed E-state index contributed by atoms with van der Waals surface area (Å²) in [5.74, 6) is 7.14. The Morgan fingerprint density at radius 1 is 1.30 bits per heavy atom. The van der Waals surface area contributed by atoms with Crippen LogP contribution >= 0.6 is 11.8 Å². The van der Waals surface area contributed by atoms with Gasteiger partial charge < -0.3 is 15.3 Å². The van der Waals surface area contributed by atoms with Crippen LogP contribution in [0, 0.1) is 0 Å². The molecule has 2 rings (SSSR count). The van der Waals surface area contributed by atoms with Gasteiger partial charge in [-0.1, -0.05) is 11.8 Å². The van der Waals surface area contributed by atoms with E-state index in [1.807, 2.05) is 31.2 Å². The quantitative estimate of drug-likeness (QED) is 0.470. The van der Waals surface area contributed by atoms with E-state index in [1.54, 1.807) is 13.8 Å². The van der Waals surface area contributed by atoms with Crippen LogP contribution in [0.1, 0.15) is 20.8 Å². The number of aromatic nitrogens is 3. The average molecular weight is 336 g/mol. The van der Waals surface area contributed by atoms with Crippen LogP contribution < -0.4 is 10.6 Å². The highest BCUT2D eigenvalue weighted by Crippen LogP contribution is 2.23. The van der Waals surface area contributed by atoms with Crippen molar-refractivity contribution in [1.29, 1.82) is 0 Å². The number of ether oxygens (including phenoxy) is 2. The third-order valence-corrected chi connectivity index (χ3v) is 3.69. The number of hydrogen-bond donors (Lipinski definition) is 1. The van der Waals surface area contributed by atoms with Crippen LogP contribution in [-0.4, -0.2) is 39.3 Å². The molecule has 0 saturated heterocycles. The van der Waals surface area contributed by atoms with Crippen molar-refractivity contribution in [3.8, 4) is 17.1 Å². The normalized spacial score (nSPS) is 10.8. The SMILES string of the molecule is CCOc1ccc(-c2nnc(SCC(=O)OC(C)C)n2N)cc1. The van der Waals surface area contributed by atoms with Gasteiger partial charge in [-0.25, -0.2) is 4.68 Å². The van der Waals surface area contributed by atoms with E-state index in [0.29, 0.717) is 17.6 Å². The number of hydrogen-bond acceptors (Lipinski definition) is 7. The maximum atomic E-state index is 11.6. The number of rotatable bonds is 7. The standard InChI is InChI=1S/C15H20N4O3S/c1-4-21-12-7-5-11(6-8-12)14-17-18-15(19(14)16)23-9-13(20)22-10(2)3/h5-8,10H,4,9,16H2,1-3H3. The van der Waals surface area contributed by atoms with E-state index in [0.717, 1.165) is 11.3 Å². The van der Waals surface area contributed by atoms with Gasteiger partial charge in [0.15, 0.2) is 5.82 Å². The first-order chi connectivity index (χ1) is 11.0. The second-order valence-corrected chi connectivity index (χ2v) is 5.90. The lowest BCUT2D eigenvalue weighted by molar-refractivity contribution is -0.144. The van der Waals surface area contributed by atoms with Crippen molar-refractivity contribution in [2.75, 3.05) is 18.2 Å². The number of nitrogens with two attached hydrogens (primary N) is 1. The second-order valence-electron chi connectivity index (χ2n) is 4.96. The maximum Gasteiger partial charge on any atom is 0.316 e. The zero-order valence-electron chi connectivity index (χ0n) is 13.4. The number of nitrogen functional groups attached to an aromatic ring is 1. The Balaban J connectivity index is 2.05. The lowest BCUT2D eigenvalue weighted by atomic mass is 10.2. The minimum atomic E-state index is -0.310. The third kappa shape index (κ3) is 4.62. The van der Waals surface area contributed by atoms with Crippen molar-refractivity contribution in [1.82, 2.24) is 14.9 Å². The molecule has 7 nitrogen and oxygen atoms in total. The van der Waals surface area contributed by atoms with Gasteiger partial charge in [-0.15, -0.1) is 10.2 Å². The molecule has 23 heavy (non-hydrogen) atoms. The average Bonchev–Trinajstić information content (AvgIpc) is 2.87. The molecule has 0 aliphatic carbocycles. The largest absolute Gasteiger partial charge is 0.494 e. The number of carbonyl (C=O) groups is 1. The summed E-state index contributed by atoms with van der Waals surface area (Å²) in [4.78, 5) is 11.6. The lowest BCUT2D eigenvalue weighted by Crippen LogP contribution is -2.15. The molecule has 0 radical (unpaired) electrons. The maximum absolute atomic E-state index is 11.6. The predicted molar refractivity (Wildman–Crippen MR) is 88.7 cm³/mol. The Morgan fingerprint density at radius 3 is 2.61 bits per heavy atom. The fraction of sp³-hybridized carbons (Fsp3) is 0.400. The summed E-state index contributed by atoms with van der Waals surface area (Å²) < 4.78 is 11.8. The van der Waals surface area contributed by atoms with Crippen molar-refractivity contribution >= 4 is 17.7 Å². The summed E-state index contributed by atoms with van der Waals surface area (Å²) in [6.07, 6.45) is -0.140. The monoisotopic (exact) mass is 336 g/mol. The Bertz CT molecular complexity index is 655. The molecule has 0 bridgehead atoms. The van der Waals surface area contributed by atoms with Gasteiger partial charge in [0.25, 0.3) is 0 Å². The number of benzene rings is 1. The van der Waals surface area contributed by atoms with Crippen molar-refractivity contribution < 1.29 is 14.3 Å². The number of nitrogens with zero attached hydrogens (tertiary/aromatic N) is 3. The smallest absolute Gasteiger partial charge is 0.316 e. The molecule has 124 valence electrons. The zero-order valence-corrected chi connectivity index (χ0v) is 14.2. The Labute approximate surface area is 139 Å². The molecular formula is C15H20N4O3S. The van der Waals surface area contributed by atoms with Gasteiger partial charge in [0.1, 0.15) is 5.75 Å². The van der Waals surface area contributed by atoms with Gasteiger partial charge in [-0.05, 0) is 45.0 Å². The van der Waals surface area contributed by atoms with E-state index >= 15 is 0 Å². The summed E-state index contributed by atoms with van der Waals surface area (Å²) in [7, 11) is 0. The summed E-state index contributed by atoms with van der Waals surface area (Å²) >= 11 is 1.19. The lowest BCUT2D eigenvalue weighted by Gasteiger charge is -2.07. The van der Waals surface area contributed by atoms with E-state index in [4.69, 9.17) is 15.3 Å². The van der Waals surface area contributed by atoms with Crippen LogP contribution in [0.3, 0.4) is 0 Å². The molecule has 1 heterocycles. The Hall–Kier alpha value is -2.22. The number of esters is 1. The molecule has 0 amide bonds. The fourth-order valence-corrected chi connectivity index (χ4v) is 2.50. The predicted octanol–water partition coefficient (Wildman–Crippen LogP) is 2.10. The summed E-state index contributed by atoms with van der Waals surface area (Å²) in [6, 6.07) is 7.42. The molecule has 0 atom stereocenters. The highest BCUT2D eigenvalue weighted by Gasteiger charge is 2.14. The molecule has 8 heteroatoms. The summed E-state index contributed by atoms with van der Waals surface area (Å²) in [6.45, 7) is 6.15. The van der Waals surface area contributed by atoms with Crippen molar-refractivity contribution in [2.24, 2.45) is 0 Å². The molecule has 2 aromatic rings. The molecule has 0 aliphatic rings. The summed E-state index contributed by atoms with van der Waals surface area (Å²) in [5.41, 5.74) is 0.820. The first kappa shape index (κ1) is 17.1. The van der Waals surface area contributed by atoms with Crippen LogP contribution in [0.15, 0.2) is 29.4 Å². The Kier molecular flexibility index (Phi) is 5.86. The minimum Gasteiger partial charge on any atom is -0.494 e. The van der Waals surface area contributed by atoms with Gasteiger partial charge in [-0.3, -0.25) is 4.79 Å². The number of thioether (sulfide) groups is 1. The molecule has 2 N–H and O–H groups in total. The third-order valence-electron chi connectivity index (χ3n) is 2.77. The number of carbonyl (C=O) groups excluding carboxylic acids is 1. The van der Waals surface area contributed by atoms with Crippen LogP contribution in [0.25, 0.3) is 11.4 Å². The topological polar surface area (TPSA) is 92.3 Å². The molecule has 0 unspecified atom stereocenters. The van der Waals surface area contributed by atoms with Crippen LogP contribution in [-0.2, 0) is 9.53 Å². The van der Waals surface area contributed by atoms with Gasteiger partial charge in [0, 0.05) is 5.56 Å². The van der Waals surface area contributed by atoms with E-state index in [9.17, 15) is 4.79 Å². The van der Waals surface area contributed by atoms with Crippen molar-refractivity contribution in [3.05, 3.63) is 24.3 Å². The summed E-state index contributed by atoms with van der Waals surface area (Å²) in [5, 5.41) is 8.54. The first-order valence-corrected chi connectivity index (χ1v) is 8.25. The van der Waals surface area contributed by atoms with Crippen LogP contribution in [0.2, 0.25) is 0 Å². The van der Waals surface area contributed by atoms with Gasteiger partial charge >= 0.3 is 5.97 Å². The second kappa shape index (κ2) is 7.87. The zero-order chi connectivity index (χ0) is 16.8. The van der Waals surface area contributed by atoms with Gasteiger partial charge in [0.05, 0.1) is 18.5 Å². The molecular weight excluding hydrogens is 316 g/mol. The van der Waals surface area contributed by atoms with Gasteiger partial charge in [0.2, 0.25) is 5.16 Å². The van der Waals surface area contributed by atoms with E-state index in [1.165, 1.54) is 16.4 Å². The van der Waals surface area contributed by atoms with E-state index in [-0.39, 0.29) is 17.8 Å². The van der Waals surface area contributed by atoms with Crippen LogP contribution in [0.4, 0.5) is 0 Å². The Morgan fingerprint density at radius 2 is 2.00 bits per heavy atom. The molecule has 0 spiro atoms. The van der Waals surface area contributed by atoms with E-state index in [2.05, 4.69) is 10.2 Å². The highest BCUT2D eigenvalue weighted by atomic mass is 32.2. The molecule has 0 saturated carbocycles.